The van der Waals surface area contributed by atoms with E-state index in [4.69, 9.17) is 0 Å². The monoisotopic (exact) mass is 347 g/mol. The second-order valence-corrected chi connectivity index (χ2v) is 6.06. The highest BCUT2D eigenvalue weighted by Gasteiger charge is 2.15. The summed E-state index contributed by atoms with van der Waals surface area (Å²) in [6.07, 6.45) is 7.82. The molecule has 0 aromatic carbocycles. The van der Waals surface area contributed by atoms with Gasteiger partial charge in [0.05, 0.1) is 0 Å². The lowest BCUT2D eigenvalue weighted by atomic mass is 9.96. The van der Waals surface area contributed by atoms with Gasteiger partial charge in [-0.15, -0.1) is 0 Å². The third-order valence-electron chi connectivity index (χ3n) is 4.02. The predicted octanol–water partition coefficient (Wildman–Crippen LogP) is 1.25. The summed E-state index contributed by atoms with van der Waals surface area (Å²) >= 11 is 0. The summed E-state index contributed by atoms with van der Waals surface area (Å²) < 4.78 is 0. The number of pyridine rings is 1. The first kappa shape index (κ1) is 18.7. The Morgan fingerprint density at radius 3 is 2.60 bits per heavy atom. The Hall–Kier alpha value is -2.64. The van der Waals surface area contributed by atoms with Gasteiger partial charge in [0.1, 0.15) is 5.69 Å². The summed E-state index contributed by atoms with van der Waals surface area (Å²) in [5, 5.41) is 5.70. The van der Waals surface area contributed by atoms with Crippen LogP contribution in [0.3, 0.4) is 0 Å². The lowest BCUT2D eigenvalue weighted by molar-refractivity contribution is -0.121. The molecule has 1 saturated carbocycles. The van der Waals surface area contributed by atoms with Gasteiger partial charge in [0.2, 0.25) is 5.91 Å². The van der Waals surface area contributed by atoms with Gasteiger partial charge in [0, 0.05) is 25.2 Å². The topological polar surface area (TPSA) is 112 Å². The van der Waals surface area contributed by atoms with Crippen LogP contribution in [0.25, 0.3) is 0 Å². The Kier molecular flexibility index (Phi) is 7.68. The molecule has 0 unspecified atom stereocenters. The van der Waals surface area contributed by atoms with Crippen LogP contribution in [-0.4, -0.2) is 35.4 Å². The molecule has 0 bridgehead atoms. The summed E-state index contributed by atoms with van der Waals surface area (Å²) in [7, 11) is 0. The van der Waals surface area contributed by atoms with Crippen LogP contribution in [0.2, 0.25) is 0 Å². The summed E-state index contributed by atoms with van der Waals surface area (Å²) in [4.78, 5) is 39.0. The van der Waals surface area contributed by atoms with E-state index < -0.39 is 5.91 Å². The first-order valence-corrected chi connectivity index (χ1v) is 8.70. The molecule has 0 atom stereocenters. The minimum atomic E-state index is -0.473. The van der Waals surface area contributed by atoms with Crippen molar-refractivity contribution in [1.82, 2.24) is 26.5 Å². The van der Waals surface area contributed by atoms with Gasteiger partial charge in [-0.3, -0.25) is 25.4 Å². The van der Waals surface area contributed by atoms with Crippen molar-refractivity contribution in [2.75, 3.05) is 6.54 Å². The molecule has 1 aliphatic rings. The molecular weight excluding hydrogens is 322 g/mol. The van der Waals surface area contributed by atoms with E-state index in [2.05, 4.69) is 26.5 Å². The molecule has 1 heterocycles. The van der Waals surface area contributed by atoms with Crippen LogP contribution in [-0.2, 0) is 4.79 Å². The Bertz CT molecular complexity index is 573. The number of carbonyl (C=O) groups excluding carboxylic acids is 3. The van der Waals surface area contributed by atoms with Crippen molar-refractivity contribution in [3.8, 4) is 0 Å². The van der Waals surface area contributed by atoms with Crippen molar-refractivity contribution < 1.29 is 14.4 Å². The van der Waals surface area contributed by atoms with E-state index in [9.17, 15) is 14.4 Å². The maximum atomic E-state index is 11.7. The van der Waals surface area contributed by atoms with Crippen molar-refractivity contribution in [2.45, 2.75) is 51.0 Å². The highest BCUT2D eigenvalue weighted by molar-refractivity contribution is 5.93. The largest absolute Gasteiger partial charge is 0.338 e. The average molecular weight is 347 g/mol. The van der Waals surface area contributed by atoms with Crippen LogP contribution in [0, 0.1) is 0 Å². The number of nitrogens with one attached hydrogen (secondary N) is 4. The standard InChI is InChI=1S/C17H25N5O3/c23-15(21-22-16(24)14-9-4-5-11-18-14)10-6-12-19-17(25)20-13-7-2-1-3-8-13/h4-5,9,11,13H,1-3,6-8,10,12H2,(H,21,23)(H,22,24)(H2,19,20,25). The fourth-order valence-corrected chi connectivity index (χ4v) is 2.68. The minimum Gasteiger partial charge on any atom is -0.338 e. The molecule has 2 rings (SSSR count). The number of hydrazine groups is 1. The van der Waals surface area contributed by atoms with E-state index in [0.717, 1.165) is 25.7 Å². The molecule has 0 spiro atoms. The fraction of sp³-hybridized carbons (Fsp3) is 0.529. The molecular formula is C17H25N5O3. The number of amides is 4. The van der Waals surface area contributed by atoms with E-state index in [1.807, 2.05) is 0 Å². The van der Waals surface area contributed by atoms with Crippen LogP contribution >= 0.6 is 0 Å². The van der Waals surface area contributed by atoms with Gasteiger partial charge in [-0.25, -0.2) is 4.79 Å². The molecule has 25 heavy (non-hydrogen) atoms. The maximum Gasteiger partial charge on any atom is 0.315 e. The predicted molar refractivity (Wildman–Crippen MR) is 92.5 cm³/mol. The molecule has 1 aromatic heterocycles. The van der Waals surface area contributed by atoms with Crippen molar-refractivity contribution in [3.05, 3.63) is 30.1 Å². The minimum absolute atomic E-state index is 0.184. The van der Waals surface area contributed by atoms with Crippen LogP contribution < -0.4 is 21.5 Å². The molecule has 1 fully saturated rings. The fourth-order valence-electron chi connectivity index (χ4n) is 2.68. The quantitative estimate of drug-likeness (QED) is 0.458. The summed E-state index contributed by atoms with van der Waals surface area (Å²) in [6, 6.07) is 5.02. The average Bonchev–Trinajstić information content (AvgIpc) is 2.65. The molecule has 1 aromatic rings. The summed E-state index contributed by atoms with van der Waals surface area (Å²) in [6.45, 7) is 0.403. The zero-order valence-corrected chi connectivity index (χ0v) is 14.2. The van der Waals surface area contributed by atoms with E-state index in [1.54, 1.807) is 18.2 Å². The second-order valence-electron chi connectivity index (χ2n) is 6.06. The van der Waals surface area contributed by atoms with E-state index >= 15 is 0 Å². The molecule has 4 amide bonds. The zero-order valence-electron chi connectivity index (χ0n) is 14.2. The van der Waals surface area contributed by atoms with Crippen molar-refractivity contribution in [3.63, 3.8) is 0 Å². The molecule has 8 heteroatoms. The van der Waals surface area contributed by atoms with E-state index in [1.165, 1.54) is 12.6 Å². The molecule has 8 nitrogen and oxygen atoms in total. The molecule has 0 aliphatic heterocycles. The molecule has 1 aliphatic carbocycles. The van der Waals surface area contributed by atoms with Crippen LogP contribution in [0.1, 0.15) is 55.4 Å². The Balaban J connectivity index is 1.53. The lowest BCUT2D eigenvalue weighted by Crippen LogP contribution is -2.44. The van der Waals surface area contributed by atoms with Gasteiger partial charge in [-0.2, -0.15) is 0 Å². The molecule has 0 radical (unpaired) electrons. The number of urea groups is 1. The number of hydrogen-bond acceptors (Lipinski definition) is 4. The van der Waals surface area contributed by atoms with E-state index in [-0.39, 0.29) is 30.1 Å². The number of hydrogen-bond donors (Lipinski definition) is 4. The van der Waals surface area contributed by atoms with Gasteiger partial charge in [-0.05, 0) is 31.4 Å². The number of aromatic nitrogens is 1. The molecule has 0 saturated heterocycles. The maximum absolute atomic E-state index is 11.7. The van der Waals surface area contributed by atoms with Gasteiger partial charge < -0.3 is 10.6 Å². The highest BCUT2D eigenvalue weighted by atomic mass is 16.2. The van der Waals surface area contributed by atoms with Gasteiger partial charge in [0.25, 0.3) is 5.91 Å². The van der Waals surface area contributed by atoms with Gasteiger partial charge >= 0.3 is 6.03 Å². The third kappa shape index (κ3) is 7.19. The first-order valence-electron chi connectivity index (χ1n) is 8.70. The number of nitrogens with zero attached hydrogens (tertiary/aromatic N) is 1. The number of rotatable bonds is 6. The van der Waals surface area contributed by atoms with Crippen LogP contribution in [0.4, 0.5) is 4.79 Å². The molecule has 136 valence electrons. The Morgan fingerprint density at radius 1 is 1.08 bits per heavy atom. The van der Waals surface area contributed by atoms with Gasteiger partial charge in [0.15, 0.2) is 0 Å². The Labute approximate surface area is 147 Å². The van der Waals surface area contributed by atoms with Crippen LogP contribution in [0.15, 0.2) is 24.4 Å². The van der Waals surface area contributed by atoms with Crippen LogP contribution in [0.5, 0.6) is 0 Å². The third-order valence-corrected chi connectivity index (χ3v) is 4.02. The highest BCUT2D eigenvalue weighted by Crippen LogP contribution is 2.17. The SMILES string of the molecule is O=C(CCCNC(=O)NC1CCCCC1)NNC(=O)c1ccccn1. The lowest BCUT2D eigenvalue weighted by Gasteiger charge is -2.22. The smallest absolute Gasteiger partial charge is 0.315 e. The van der Waals surface area contributed by atoms with Crippen molar-refractivity contribution in [2.24, 2.45) is 0 Å². The van der Waals surface area contributed by atoms with Gasteiger partial charge in [-0.1, -0.05) is 25.3 Å². The summed E-state index contributed by atoms with van der Waals surface area (Å²) in [5.74, 6) is -0.794. The Morgan fingerprint density at radius 2 is 1.88 bits per heavy atom. The van der Waals surface area contributed by atoms with Crippen molar-refractivity contribution in [1.29, 1.82) is 0 Å². The van der Waals surface area contributed by atoms with Crippen molar-refractivity contribution >= 4 is 17.8 Å². The normalized spacial score (nSPS) is 14.4. The first-order chi connectivity index (χ1) is 12.1. The second kappa shape index (κ2) is 10.3. The van der Waals surface area contributed by atoms with E-state index in [0.29, 0.717) is 13.0 Å². The summed E-state index contributed by atoms with van der Waals surface area (Å²) in [5.41, 5.74) is 4.86. The zero-order chi connectivity index (χ0) is 17.9. The molecule has 4 N–H and O–H groups in total. The number of carbonyl (C=O) groups is 3.